The Hall–Kier alpha value is -6.02. The molecule has 1 aromatic heterocycles. The molecule has 6 aliphatic carbocycles. The van der Waals surface area contributed by atoms with E-state index in [1.165, 1.54) is 125 Å². The van der Waals surface area contributed by atoms with Gasteiger partial charge in [0.15, 0.2) is 0 Å². The van der Waals surface area contributed by atoms with E-state index in [4.69, 9.17) is 0 Å². The molecule has 0 amide bonds. The summed E-state index contributed by atoms with van der Waals surface area (Å²) in [6, 6.07) is 65.1. The van der Waals surface area contributed by atoms with E-state index in [1.807, 2.05) is 11.3 Å². The lowest BCUT2D eigenvalue weighted by molar-refractivity contribution is -0.0399. The molecule has 1 heteroatoms. The molecule has 1 heterocycles. The van der Waals surface area contributed by atoms with Gasteiger partial charge in [0.1, 0.15) is 0 Å². The lowest BCUT2D eigenvalue weighted by Gasteiger charge is -2.61. The third-order valence-corrected chi connectivity index (χ3v) is 17.0. The fourth-order valence-electron chi connectivity index (χ4n) is 13.7. The summed E-state index contributed by atoms with van der Waals surface area (Å²) in [5.41, 5.74) is 22.3. The van der Waals surface area contributed by atoms with Gasteiger partial charge in [-0.15, -0.1) is 11.3 Å². The fraction of sp³-hybridized carbons (Fsp3) is 0.186. The van der Waals surface area contributed by atoms with Gasteiger partial charge >= 0.3 is 0 Å². The molecule has 0 radical (unpaired) electrons. The van der Waals surface area contributed by atoms with Crippen LogP contribution >= 0.6 is 11.3 Å². The van der Waals surface area contributed by atoms with Crippen LogP contribution in [0.5, 0.6) is 0 Å². The summed E-state index contributed by atoms with van der Waals surface area (Å²) in [7, 11) is 0. The number of rotatable bonds is 4. The van der Waals surface area contributed by atoms with Crippen molar-refractivity contribution < 1.29 is 0 Å². The lowest BCUT2D eigenvalue weighted by Crippen LogP contribution is -2.55. The summed E-state index contributed by atoms with van der Waals surface area (Å²) in [5.74, 6) is 3.47. The average molecular weight is 785 g/mol. The fourth-order valence-corrected chi connectivity index (χ4v) is 14.9. The van der Waals surface area contributed by atoms with Crippen LogP contribution in [-0.2, 0) is 11.8 Å². The van der Waals surface area contributed by atoms with E-state index in [1.54, 1.807) is 16.7 Å². The van der Waals surface area contributed by atoms with Crippen LogP contribution in [0.4, 0.5) is 0 Å². The first-order chi connectivity index (χ1) is 29.7. The zero-order chi connectivity index (χ0) is 39.1. The highest BCUT2D eigenvalue weighted by atomic mass is 32.1. The van der Waals surface area contributed by atoms with Gasteiger partial charge in [-0.25, -0.2) is 0 Å². The topological polar surface area (TPSA) is 0 Å². The third-order valence-electron chi connectivity index (χ3n) is 15.9. The largest absolute Gasteiger partial charge is 0.135 e. The number of thiophene rings is 1. The summed E-state index contributed by atoms with van der Waals surface area (Å²) >= 11 is 1.98. The van der Waals surface area contributed by atoms with Crippen molar-refractivity contribution in [1.82, 2.24) is 0 Å². The highest BCUT2D eigenvalue weighted by Gasteiger charge is 2.61. The van der Waals surface area contributed by atoms with Crippen LogP contribution in [-0.4, -0.2) is 0 Å². The predicted molar refractivity (Wildman–Crippen MR) is 253 cm³/mol. The second-order valence-corrected chi connectivity index (χ2v) is 19.9. The quantitative estimate of drug-likeness (QED) is 0.167. The second-order valence-electron chi connectivity index (χ2n) is 18.8. The number of hydrogen-bond donors (Lipinski definition) is 0. The van der Waals surface area contributed by atoms with E-state index >= 15 is 0 Å². The summed E-state index contributed by atoms with van der Waals surface area (Å²) < 4.78 is 2.80. The molecule has 60 heavy (non-hydrogen) atoms. The maximum Gasteiger partial charge on any atom is 0.0361 e. The van der Waals surface area contributed by atoms with Gasteiger partial charge in [0.25, 0.3) is 0 Å². The molecule has 286 valence electrons. The Kier molecular flexibility index (Phi) is 7.04. The number of benzene rings is 8. The standard InChI is InChI=1S/C59H44S/c1-2-9-37(10-3-1)42-30-43(38-17-19-39(20-18-38)47-14-8-15-49-48-12-5-4-11-41(48)33-52(47)49)32-44(31-42)40-21-22-51-56(34-40)60-55-24-23-54-57(58(51)55)50-13-6-7-16-53(50)59(54)45-26-35-25-36(28-45)29-46(59)27-35/h1-24,30-32,34-36,45-46H,25-29,33H2. The Labute approximate surface area is 356 Å². The van der Waals surface area contributed by atoms with Crippen molar-refractivity contribution in [2.75, 3.05) is 0 Å². The van der Waals surface area contributed by atoms with Crippen LogP contribution in [0.1, 0.15) is 54.4 Å². The first kappa shape index (κ1) is 33.8. The van der Waals surface area contributed by atoms with Crippen molar-refractivity contribution in [2.24, 2.45) is 23.7 Å². The molecule has 0 saturated heterocycles. The molecule has 0 N–H and O–H groups in total. The smallest absolute Gasteiger partial charge is 0.0361 e. The van der Waals surface area contributed by atoms with Gasteiger partial charge < -0.3 is 0 Å². The van der Waals surface area contributed by atoms with Gasteiger partial charge in [0, 0.05) is 25.6 Å². The molecule has 0 aliphatic heterocycles. The Morgan fingerprint density at radius 3 is 1.80 bits per heavy atom. The Balaban J connectivity index is 0.882. The first-order valence-corrected chi connectivity index (χ1v) is 23.1. The third kappa shape index (κ3) is 4.68. The highest BCUT2D eigenvalue weighted by molar-refractivity contribution is 7.26. The van der Waals surface area contributed by atoms with Gasteiger partial charge in [-0.05, 0) is 182 Å². The van der Waals surface area contributed by atoms with Crippen LogP contribution in [0.25, 0.3) is 86.9 Å². The first-order valence-electron chi connectivity index (χ1n) is 22.3. The molecular weight excluding hydrogens is 741 g/mol. The zero-order valence-electron chi connectivity index (χ0n) is 33.6. The minimum Gasteiger partial charge on any atom is -0.135 e. The van der Waals surface area contributed by atoms with Crippen LogP contribution in [0.2, 0.25) is 0 Å². The van der Waals surface area contributed by atoms with Crippen molar-refractivity contribution in [1.29, 1.82) is 0 Å². The van der Waals surface area contributed by atoms with Gasteiger partial charge in [-0.3, -0.25) is 0 Å². The minimum absolute atomic E-state index is 0.196. The van der Waals surface area contributed by atoms with E-state index in [2.05, 4.69) is 170 Å². The summed E-state index contributed by atoms with van der Waals surface area (Å²) in [6.45, 7) is 0. The van der Waals surface area contributed by atoms with E-state index in [0.717, 1.165) is 30.1 Å². The zero-order valence-corrected chi connectivity index (χ0v) is 34.4. The van der Waals surface area contributed by atoms with Crippen molar-refractivity contribution in [3.05, 3.63) is 192 Å². The van der Waals surface area contributed by atoms with E-state index in [9.17, 15) is 0 Å². The molecule has 9 aromatic rings. The maximum atomic E-state index is 2.58. The van der Waals surface area contributed by atoms with Crippen LogP contribution < -0.4 is 0 Å². The number of hydrogen-bond acceptors (Lipinski definition) is 1. The Morgan fingerprint density at radius 1 is 0.400 bits per heavy atom. The molecule has 4 bridgehead atoms. The summed E-state index contributed by atoms with van der Waals surface area (Å²) in [4.78, 5) is 0. The van der Waals surface area contributed by atoms with E-state index in [-0.39, 0.29) is 5.41 Å². The van der Waals surface area contributed by atoms with Crippen LogP contribution in [0.15, 0.2) is 170 Å². The van der Waals surface area contributed by atoms with Crippen molar-refractivity contribution >= 4 is 31.5 Å². The van der Waals surface area contributed by atoms with Gasteiger partial charge in [-0.1, -0.05) is 140 Å². The molecule has 8 aromatic carbocycles. The second kappa shape index (κ2) is 12.5. The van der Waals surface area contributed by atoms with E-state index < -0.39 is 0 Å². The van der Waals surface area contributed by atoms with Crippen LogP contribution in [0.3, 0.4) is 0 Å². The molecule has 1 spiro atoms. The van der Waals surface area contributed by atoms with E-state index in [0.29, 0.717) is 0 Å². The molecule has 0 nitrogen and oxygen atoms in total. The summed E-state index contributed by atoms with van der Waals surface area (Å²) in [5, 5.41) is 2.90. The molecule has 15 rings (SSSR count). The molecule has 4 saturated carbocycles. The molecule has 6 aliphatic rings. The van der Waals surface area contributed by atoms with Crippen molar-refractivity contribution in [3.63, 3.8) is 0 Å². The SMILES string of the molecule is c1ccc(-c2cc(-c3ccc(-c4cccc5c4Cc4ccccc4-5)cc3)cc(-c3ccc4c(c3)sc3ccc5c(c34)-c3ccccc3C53C4CC5CC(C4)CC3C5)c2)cc1. The van der Waals surface area contributed by atoms with Crippen molar-refractivity contribution in [3.8, 4) is 66.8 Å². The van der Waals surface area contributed by atoms with Crippen molar-refractivity contribution in [2.45, 2.75) is 43.9 Å². The van der Waals surface area contributed by atoms with Gasteiger partial charge in [0.2, 0.25) is 0 Å². The average Bonchev–Trinajstić information content (AvgIpc) is 3.96. The monoisotopic (exact) mass is 784 g/mol. The van der Waals surface area contributed by atoms with Gasteiger partial charge in [0.05, 0.1) is 0 Å². The molecular formula is C59H44S. The highest BCUT2D eigenvalue weighted by Crippen LogP contribution is 2.70. The Morgan fingerprint density at radius 2 is 1.02 bits per heavy atom. The lowest BCUT2D eigenvalue weighted by atomic mass is 9.43. The maximum absolute atomic E-state index is 2.58. The molecule has 0 unspecified atom stereocenters. The normalized spacial score (nSPS) is 22.7. The minimum atomic E-state index is 0.196. The van der Waals surface area contributed by atoms with Gasteiger partial charge in [-0.2, -0.15) is 0 Å². The van der Waals surface area contributed by atoms with Crippen LogP contribution in [0, 0.1) is 23.7 Å². The predicted octanol–water partition coefficient (Wildman–Crippen LogP) is 16.0. The molecule has 0 atom stereocenters. The number of fused-ring (bicyclic) bond motifs is 10. The summed E-state index contributed by atoms with van der Waals surface area (Å²) in [6.07, 6.45) is 8.17. The Bertz CT molecular complexity index is 3210. The molecule has 4 fully saturated rings.